The molecule has 0 aromatic carbocycles. The number of hydrogen-bond acceptors (Lipinski definition) is 2. The van der Waals surface area contributed by atoms with E-state index >= 15 is 0 Å². The molecular weight excluding hydrogens is 164 g/mol. The van der Waals surface area contributed by atoms with Crippen LogP contribution in [0.3, 0.4) is 0 Å². The van der Waals surface area contributed by atoms with Gasteiger partial charge >= 0.3 is 5.97 Å². The van der Waals surface area contributed by atoms with Crippen molar-refractivity contribution in [3.05, 3.63) is 12.2 Å². The molecule has 0 N–H and O–H groups in total. The van der Waals surface area contributed by atoms with Crippen molar-refractivity contribution in [2.45, 2.75) is 40.2 Å². The Hall–Kier alpha value is -0.790. The summed E-state index contributed by atoms with van der Waals surface area (Å²) in [4.78, 5) is 10.7. The SMILES string of the molecule is CC(=O)OC1C=CC(C(C)(C)C)C1. The molecule has 13 heavy (non-hydrogen) atoms. The fraction of sp³-hybridized carbons (Fsp3) is 0.727. The van der Waals surface area contributed by atoms with Gasteiger partial charge < -0.3 is 4.74 Å². The molecular formula is C11H18O2. The fourth-order valence-electron chi connectivity index (χ4n) is 1.61. The van der Waals surface area contributed by atoms with Gasteiger partial charge in [-0.2, -0.15) is 0 Å². The molecule has 0 saturated carbocycles. The van der Waals surface area contributed by atoms with Gasteiger partial charge in [-0.25, -0.2) is 0 Å². The molecule has 2 atom stereocenters. The quantitative estimate of drug-likeness (QED) is 0.460. The van der Waals surface area contributed by atoms with E-state index in [0.717, 1.165) is 6.42 Å². The third-order valence-corrected chi connectivity index (χ3v) is 2.47. The smallest absolute Gasteiger partial charge is 0.303 e. The van der Waals surface area contributed by atoms with Gasteiger partial charge in [0.05, 0.1) is 0 Å². The van der Waals surface area contributed by atoms with Crippen molar-refractivity contribution >= 4 is 5.97 Å². The summed E-state index contributed by atoms with van der Waals surface area (Å²) in [5.74, 6) is 0.334. The molecule has 2 nitrogen and oxygen atoms in total. The highest BCUT2D eigenvalue weighted by atomic mass is 16.5. The second-order valence-corrected chi connectivity index (χ2v) is 4.74. The highest BCUT2D eigenvalue weighted by molar-refractivity contribution is 5.66. The zero-order chi connectivity index (χ0) is 10.1. The first kappa shape index (κ1) is 10.3. The van der Waals surface area contributed by atoms with Crippen LogP contribution in [0.1, 0.15) is 34.1 Å². The van der Waals surface area contributed by atoms with Gasteiger partial charge in [-0.05, 0) is 23.8 Å². The Morgan fingerprint density at radius 3 is 2.38 bits per heavy atom. The van der Waals surface area contributed by atoms with Crippen molar-refractivity contribution in [3.63, 3.8) is 0 Å². The minimum absolute atomic E-state index is 0.00160. The maximum atomic E-state index is 10.7. The van der Waals surface area contributed by atoms with Gasteiger partial charge in [0.25, 0.3) is 0 Å². The third kappa shape index (κ3) is 2.87. The van der Waals surface area contributed by atoms with Crippen LogP contribution in [0.15, 0.2) is 12.2 Å². The Bertz CT molecular complexity index is 223. The summed E-state index contributed by atoms with van der Waals surface area (Å²) in [7, 11) is 0. The summed E-state index contributed by atoms with van der Waals surface area (Å²) >= 11 is 0. The average molecular weight is 182 g/mol. The first-order valence-electron chi connectivity index (χ1n) is 4.75. The molecule has 1 aliphatic carbocycles. The zero-order valence-electron chi connectivity index (χ0n) is 8.83. The Morgan fingerprint density at radius 2 is 2.00 bits per heavy atom. The standard InChI is InChI=1S/C11H18O2/c1-8(12)13-10-6-5-9(7-10)11(2,3)4/h5-6,9-10H,7H2,1-4H3. The van der Waals surface area contributed by atoms with Crippen LogP contribution in [-0.4, -0.2) is 12.1 Å². The molecule has 0 heterocycles. The van der Waals surface area contributed by atoms with Gasteiger partial charge in [0.15, 0.2) is 0 Å². The molecule has 0 radical (unpaired) electrons. The highest BCUT2D eigenvalue weighted by Crippen LogP contribution is 2.35. The lowest BCUT2D eigenvalue weighted by molar-refractivity contribution is -0.144. The van der Waals surface area contributed by atoms with Crippen LogP contribution in [-0.2, 0) is 9.53 Å². The second-order valence-electron chi connectivity index (χ2n) is 4.74. The highest BCUT2D eigenvalue weighted by Gasteiger charge is 2.29. The number of rotatable bonds is 1. The van der Waals surface area contributed by atoms with Crippen molar-refractivity contribution in [2.24, 2.45) is 11.3 Å². The van der Waals surface area contributed by atoms with E-state index < -0.39 is 0 Å². The van der Waals surface area contributed by atoms with E-state index in [1.165, 1.54) is 6.92 Å². The molecule has 74 valence electrons. The van der Waals surface area contributed by atoms with E-state index in [1.807, 2.05) is 6.08 Å². The number of hydrogen-bond donors (Lipinski definition) is 0. The third-order valence-electron chi connectivity index (χ3n) is 2.47. The minimum Gasteiger partial charge on any atom is -0.458 e. The normalized spacial score (nSPS) is 27.7. The maximum Gasteiger partial charge on any atom is 0.303 e. The topological polar surface area (TPSA) is 26.3 Å². The molecule has 1 rings (SSSR count). The van der Waals surface area contributed by atoms with Crippen LogP contribution in [0.2, 0.25) is 0 Å². The van der Waals surface area contributed by atoms with E-state index in [2.05, 4.69) is 26.8 Å². The Labute approximate surface area is 80.0 Å². The lowest BCUT2D eigenvalue weighted by Crippen LogP contribution is -2.20. The first-order chi connectivity index (χ1) is 5.89. The lowest BCUT2D eigenvalue weighted by atomic mass is 9.80. The van der Waals surface area contributed by atoms with Crippen molar-refractivity contribution in [2.75, 3.05) is 0 Å². The molecule has 0 fully saturated rings. The fourth-order valence-corrected chi connectivity index (χ4v) is 1.61. The largest absolute Gasteiger partial charge is 0.458 e. The summed E-state index contributed by atoms with van der Waals surface area (Å²) in [5.41, 5.74) is 0.269. The maximum absolute atomic E-state index is 10.7. The monoisotopic (exact) mass is 182 g/mol. The Morgan fingerprint density at radius 1 is 1.38 bits per heavy atom. The molecule has 2 heteroatoms. The molecule has 0 spiro atoms. The molecule has 0 aromatic heterocycles. The Kier molecular flexibility index (Phi) is 2.79. The van der Waals surface area contributed by atoms with Gasteiger partial charge in [0.2, 0.25) is 0 Å². The number of allylic oxidation sites excluding steroid dienone is 1. The minimum atomic E-state index is -0.191. The van der Waals surface area contributed by atoms with Crippen LogP contribution in [0.5, 0.6) is 0 Å². The predicted molar refractivity (Wildman–Crippen MR) is 52.3 cm³/mol. The van der Waals surface area contributed by atoms with E-state index in [1.54, 1.807) is 0 Å². The van der Waals surface area contributed by atoms with Crippen LogP contribution < -0.4 is 0 Å². The van der Waals surface area contributed by atoms with Crippen molar-refractivity contribution in [1.82, 2.24) is 0 Å². The number of carbonyl (C=O) groups is 1. The van der Waals surface area contributed by atoms with Crippen LogP contribution in [0.25, 0.3) is 0 Å². The van der Waals surface area contributed by atoms with Gasteiger partial charge in [-0.3, -0.25) is 4.79 Å². The van der Waals surface area contributed by atoms with Gasteiger partial charge in [0, 0.05) is 6.92 Å². The van der Waals surface area contributed by atoms with E-state index in [9.17, 15) is 4.79 Å². The number of carbonyl (C=O) groups excluding carboxylic acids is 1. The van der Waals surface area contributed by atoms with Crippen molar-refractivity contribution in [3.8, 4) is 0 Å². The summed E-state index contributed by atoms with van der Waals surface area (Å²) in [6, 6.07) is 0. The van der Waals surface area contributed by atoms with Crippen molar-refractivity contribution in [1.29, 1.82) is 0 Å². The van der Waals surface area contributed by atoms with Gasteiger partial charge in [0.1, 0.15) is 6.10 Å². The molecule has 1 aliphatic rings. The zero-order valence-corrected chi connectivity index (χ0v) is 8.83. The van der Waals surface area contributed by atoms with Gasteiger partial charge in [-0.15, -0.1) is 0 Å². The molecule has 0 saturated heterocycles. The summed E-state index contributed by atoms with van der Waals surface area (Å²) < 4.78 is 5.11. The Balaban J connectivity index is 2.47. The molecule has 0 aliphatic heterocycles. The predicted octanol–water partition coefficient (Wildman–Crippen LogP) is 2.54. The first-order valence-corrected chi connectivity index (χ1v) is 4.75. The number of esters is 1. The van der Waals surface area contributed by atoms with E-state index in [0.29, 0.717) is 5.92 Å². The molecule has 2 unspecified atom stereocenters. The van der Waals surface area contributed by atoms with Crippen LogP contribution in [0.4, 0.5) is 0 Å². The van der Waals surface area contributed by atoms with Crippen LogP contribution in [0, 0.1) is 11.3 Å². The average Bonchev–Trinajstić information content (AvgIpc) is 2.32. The number of ether oxygens (including phenoxy) is 1. The molecule has 0 amide bonds. The van der Waals surface area contributed by atoms with Gasteiger partial charge in [-0.1, -0.05) is 26.8 Å². The second kappa shape index (κ2) is 3.52. The van der Waals surface area contributed by atoms with E-state index in [4.69, 9.17) is 4.74 Å². The lowest BCUT2D eigenvalue weighted by Gasteiger charge is -2.26. The summed E-state index contributed by atoms with van der Waals surface area (Å²) in [6.07, 6.45) is 5.09. The summed E-state index contributed by atoms with van der Waals surface area (Å²) in [6.45, 7) is 8.08. The van der Waals surface area contributed by atoms with Crippen LogP contribution >= 0.6 is 0 Å². The summed E-state index contributed by atoms with van der Waals surface area (Å²) in [5, 5.41) is 0. The molecule has 0 bridgehead atoms. The molecule has 0 aromatic rings. The van der Waals surface area contributed by atoms with E-state index in [-0.39, 0.29) is 17.5 Å². The van der Waals surface area contributed by atoms with Crippen molar-refractivity contribution < 1.29 is 9.53 Å².